The van der Waals surface area contributed by atoms with Crippen LogP contribution in [0.1, 0.15) is 67.2 Å². The number of nitrogens with zero attached hydrogens (tertiary/aromatic N) is 1. The average Bonchev–Trinajstić information content (AvgIpc) is 3.07. The van der Waals surface area contributed by atoms with E-state index < -0.39 is 77.3 Å². The van der Waals surface area contributed by atoms with Gasteiger partial charge in [0.2, 0.25) is 0 Å². The Morgan fingerprint density at radius 2 is 0.984 bits per heavy atom. The quantitative estimate of drug-likeness (QED) is 0.0251. The van der Waals surface area contributed by atoms with E-state index in [1.807, 2.05) is 0 Å². The minimum atomic E-state index is -4.44. The fourth-order valence-electron chi connectivity index (χ4n) is 8.38. The van der Waals surface area contributed by atoms with Crippen LogP contribution in [0.5, 0.6) is 0 Å². The van der Waals surface area contributed by atoms with E-state index in [1.165, 1.54) is 0 Å². The highest BCUT2D eigenvalue weighted by Gasteiger charge is 2.51. The van der Waals surface area contributed by atoms with Gasteiger partial charge in [-0.3, -0.25) is 4.57 Å². The molecule has 22 heteroatoms. The zero-order chi connectivity index (χ0) is 48.2. The van der Waals surface area contributed by atoms with Crippen molar-refractivity contribution in [1.29, 1.82) is 0 Å². The van der Waals surface area contributed by atoms with Gasteiger partial charge in [0.1, 0.15) is 13.2 Å². The summed E-state index contributed by atoms with van der Waals surface area (Å²) in [6, 6.07) is 4.31. The Bertz CT molecular complexity index is 1250. The third-order valence-corrected chi connectivity index (χ3v) is 40.1. The molecule has 0 fully saturated rings. The predicted octanol–water partition coefficient (Wildman–Crippen LogP) is 10.8. The molecule has 13 nitrogen and oxygen atoms in total. The number of likely N-dealkylation sites (N-methyl/N-ethyl adjacent to an activating group) is 1. The van der Waals surface area contributed by atoms with Crippen molar-refractivity contribution in [2.75, 3.05) is 90.3 Å². The Hall–Kier alpha value is 1.62. The smallest absolute Gasteiger partial charge is 0.338 e. The molecule has 4 unspecified atom stereocenters. The third-order valence-electron chi connectivity index (χ3n) is 10.6. The van der Waals surface area contributed by atoms with Crippen molar-refractivity contribution >= 4 is 77.3 Å². The first kappa shape index (κ1) is 63.6. The number of phosphoric ester groups is 1. The third kappa shape index (κ3) is 28.8. The van der Waals surface area contributed by atoms with Crippen molar-refractivity contribution in [2.24, 2.45) is 0 Å². The molecule has 0 aliphatic carbocycles. The van der Waals surface area contributed by atoms with E-state index in [9.17, 15) is 9.46 Å². The van der Waals surface area contributed by atoms with Gasteiger partial charge >= 0.3 is 42.8 Å². The van der Waals surface area contributed by atoms with E-state index in [-0.39, 0.29) is 19.8 Å². The highest BCUT2D eigenvalue weighted by atomic mass is 32.3. The van der Waals surface area contributed by atoms with Gasteiger partial charge in [-0.2, -0.15) is 0 Å². The van der Waals surface area contributed by atoms with Crippen LogP contribution in [0.3, 0.4) is 0 Å². The van der Waals surface area contributed by atoms with Gasteiger partial charge in [-0.25, -0.2) is 10.0 Å². The molecule has 0 saturated heterocycles. The summed E-state index contributed by atoms with van der Waals surface area (Å²) in [4.78, 5) is 12.5. The largest absolute Gasteiger partial charge is 0.756 e. The van der Waals surface area contributed by atoms with Crippen molar-refractivity contribution in [3.63, 3.8) is 0 Å². The molecule has 0 aromatic carbocycles. The van der Waals surface area contributed by atoms with Crippen LogP contribution in [0.4, 0.5) is 0 Å². The Morgan fingerprint density at radius 1 is 0.532 bits per heavy atom. The lowest BCUT2D eigenvalue weighted by molar-refractivity contribution is -0.923. The zero-order valence-corrected chi connectivity index (χ0v) is 52.6. The van der Waals surface area contributed by atoms with Crippen LogP contribution in [-0.4, -0.2) is 154 Å². The van der Waals surface area contributed by atoms with Crippen molar-refractivity contribution in [2.45, 2.75) is 169 Å². The Kier molecular flexibility index (Phi) is 29.1. The van der Waals surface area contributed by atoms with E-state index in [0.717, 1.165) is 73.3 Å². The minimum Gasteiger partial charge on any atom is -0.756 e. The standard InChI is InChI=1S/C40H100NO12PSSi7/c1-21-36-62(47-25-5,48-26-6)40-29-39-59(18,49-56(10,11)12)51-58(16,17)52-61(20,53-60(19,50-57(13,14)15)38-28-35-55(7,8)9)37-27-31-44-33-34-46-54(42,43)45-32-30-41(22-2,23-3)24-4/h21-40H2,1-20H3. The molecule has 0 aromatic heterocycles. The van der Waals surface area contributed by atoms with Gasteiger partial charge in [0.05, 0.1) is 32.8 Å². The first-order chi connectivity index (χ1) is 28.2. The second-order valence-electron chi connectivity index (χ2n) is 20.7. The minimum absolute atomic E-state index is 0.0969. The van der Waals surface area contributed by atoms with Crippen molar-refractivity contribution in [3.8, 4) is 0 Å². The molecule has 376 valence electrons. The Balaban J connectivity index is 6.29. The van der Waals surface area contributed by atoms with Crippen LogP contribution in [0.15, 0.2) is 0 Å². The number of hydrogen-bond donors (Lipinski definition) is 0. The summed E-state index contributed by atoms with van der Waals surface area (Å²) in [5, 5.41) is 0. The summed E-state index contributed by atoms with van der Waals surface area (Å²) in [6.07, 6.45) is 10.8. The lowest BCUT2D eigenvalue weighted by Gasteiger charge is -2.45. The lowest BCUT2D eigenvalue weighted by Crippen LogP contribution is -2.62. The number of ether oxygens (including phenoxy) is 1. The molecule has 0 amide bonds. The number of rotatable bonds is 39. The first-order valence-corrected chi connectivity index (χ1v) is 47.6. The predicted molar refractivity (Wildman–Crippen MR) is 279 cm³/mol. The second kappa shape index (κ2) is 28.3. The van der Waals surface area contributed by atoms with Gasteiger partial charge in [-0.05, 0) is 181 Å². The fourth-order valence-corrected chi connectivity index (χ4v) is 43.5. The van der Waals surface area contributed by atoms with Crippen LogP contribution < -0.4 is 4.89 Å². The van der Waals surface area contributed by atoms with E-state index >= 15 is 0 Å². The SMILES string of the molecule is CCC[Si](CCC[Si](C)(O[Si](C)(C)C)O[Si](C)(C)O[Si](C)(CCCOCCOP(=O)([O-])OCC[N+](CC)(CC)CC)O[Si](C)(CCCS(C)(C)C)O[Si](C)(C)C)(OCC)OCC. The molecule has 0 rings (SSSR count). The zero-order valence-electron chi connectivity index (χ0n) is 43.8. The molecule has 0 bridgehead atoms. The van der Waals surface area contributed by atoms with E-state index in [1.54, 1.807) is 0 Å². The fraction of sp³-hybridized carbons (Fsp3) is 1.00. The van der Waals surface area contributed by atoms with E-state index in [2.05, 4.69) is 132 Å². The molecule has 0 radical (unpaired) electrons. The van der Waals surface area contributed by atoms with Crippen molar-refractivity contribution < 1.29 is 57.2 Å². The normalized spacial score (nSPS) is 18.0. The van der Waals surface area contributed by atoms with Crippen LogP contribution in [0.2, 0.25) is 102 Å². The maximum atomic E-state index is 12.5. The van der Waals surface area contributed by atoms with Gasteiger partial charge < -0.3 is 52.6 Å². The molecule has 4 atom stereocenters. The molecule has 0 aliphatic rings. The summed E-state index contributed by atoms with van der Waals surface area (Å²) >= 11 is 0. The lowest BCUT2D eigenvalue weighted by atomic mass is 10.3. The van der Waals surface area contributed by atoms with Gasteiger partial charge in [-0.15, -0.1) is 0 Å². The monoisotopic (exact) mass is 1050 g/mol. The highest BCUT2D eigenvalue weighted by Crippen LogP contribution is 2.40. The number of hydrogen-bond acceptors (Lipinski definition) is 12. The van der Waals surface area contributed by atoms with Crippen LogP contribution in [-0.2, 0) is 47.8 Å². The number of quaternary nitrogens is 1. The average molecular weight is 1050 g/mol. The molecule has 0 N–H and O–H groups in total. The summed E-state index contributed by atoms with van der Waals surface area (Å²) in [6.45, 7) is 42.3. The molecule has 0 aromatic rings. The van der Waals surface area contributed by atoms with Crippen LogP contribution in [0.25, 0.3) is 0 Å². The summed E-state index contributed by atoms with van der Waals surface area (Å²) < 4.78 is 78.7. The topological polar surface area (TPSA) is 132 Å². The highest BCUT2D eigenvalue weighted by molar-refractivity contribution is 8.32. The van der Waals surface area contributed by atoms with Crippen LogP contribution in [0, 0.1) is 0 Å². The maximum absolute atomic E-state index is 12.5. The maximum Gasteiger partial charge on any atom is 0.338 e. The molecule has 0 saturated carbocycles. The molecule has 0 aliphatic heterocycles. The van der Waals surface area contributed by atoms with E-state index in [4.69, 9.17) is 43.2 Å². The van der Waals surface area contributed by atoms with Crippen molar-refractivity contribution in [1.82, 2.24) is 0 Å². The van der Waals surface area contributed by atoms with Gasteiger partial charge in [0.25, 0.3) is 7.82 Å². The van der Waals surface area contributed by atoms with Gasteiger partial charge in [0, 0.05) is 19.8 Å². The molecular weight excluding hydrogens is 946 g/mol. The van der Waals surface area contributed by atoms with E-state index in [0.29, 0.717) is 38.8 Å². The second-order valence-corrected chi connectivity index (χ2v) is 53.7. The first-order valence-electron chi connectivity index (χ1n) is 23.7. The molecule has 0 spiro atoms. The number of phosphoric acid groups is 1. The van der Waals surface area contributed by atoms with Crippen LogP contribution >= 0.6 is 17.9 Å². The summed E-state index contributed by atoms with van der Waals surface area (Å²) in [7, 11) is -22.8. The molecule has 0 heterocycles. The summed E-state index contributed by atoms with van der Waals surface area (Å²) in [5.74, 6) is 1.16. The van der Waals surface area contributed by atoms with Gasteiger partial charge in [0.15, 0.2) is 16.6 Å². The Labute approximate surface area is 392 Å². The molecular formula is C40H100NO12PSSi7. The Morgan fingerprint density at radius 3 is 1.44 bits per heavy atom. The van der Waals surface area contributed by atoms with Crippen molar-refractivity contribution in [3.05, 3.63) is 0 Å². The summed E-state index contributed by atoms with van der Waals surface area (Å²) in [5.41, 5.74) is 0. The van der Waals surface area contributed by atoms with Gasteiger partial charge in [-0.1, -0.05) is 13.3 Å². The molecule has 62 heavy (non-hydrogen) atoms.